The molecule has 0 aromatic rings. The molecule has 1 saturated carbocycles. The molecule has 0 bridgehead atoms. The third kappa shape index (κ3) is 3.93. The number of carbonyl (C=O) groups is 2. The zero-order chi connectivity index (χ0) is 14.5. The number of aliphatic carboxylic acids is 1. The standard InChI is InChI=1S/C14H26N2O3/c1-13(2,9-15)11(17)16-10-14(12(18)19)7-5-3-4-6-8-14/h3-10,15H2,1-2H3,(H,16,17)(H,18,19). The fourth-order valence-corrected chi connectivity index (χ4v) is 2.45. The molecule has 1 aliphatic carbocycles. The van der Waals surface area contributed by atoms with Crippen LogP contribution in [0.15, 0.2) is 0 Å². The average Bonchev–Trinajstić information content (AvgIpc) is 2.62. The first-order valence-electron chi connectivity index (χ1n) is 7.06. The summed E-state index contributed by atoms with van der Waals surface area (Å²) in [6, 6.07) is 0. The van der Waals surface area contributed by atoms with Crippen LogP contribution in [0.25, 0.3) is 0 Å². The summed E-state index contributed by atoms with van der Waals surface area (Å²) >= 11 is 0. The van der Waals surface area contributed by atoms with Gasteiger partial charge in [-0.05, 0) is 26.7 Å². The molecule has 19 heavy (non-hydrogen) atoms. The maximum Gasteiger partial charge on any atom is 0.311 e. The lowest BCUT2D eigenvalue weighted by Crippen LogP contribution is -2.48. The molecule has 4 N–H and O–H groups in total. The van der Waals surface area contributed by atoms with Gasteiger partial charge in [0.25, 0.3) is 0 Å². The van der Waals surface area contributed by atoms with Gasteiger partial charge in [0.2, 0.25) is 5.91 Å². The Morgan fingerprint density at radius 2 is 1.74 bits per heavy atom. The molecule has 0 unspecified atom stereocenters. The highest BCUT2D eigenvalue weighted by Gasteiger charge is 2.39. The molecule has 1 rings (SSSR count). The van der Waals surface area contributed by atoms with Gasteiger partial charge < -0.3 is 16.2 Å². The number of hydrogen-bond donors (Lipinski definition) is 3. The summed E-state index contributed by atoms with van der Waals surface area (Å²) < 4.78 is 0. The molecule has 0 atom stereocenters. The van der Waals surface area contributed by atoms with Crippen LogP contribution in [-0.2, 0) is 9.59 Å². The number of carboxylic acids is 1. The molecule has 0 heterocycles. The second-order valence-corrected chi connectivity index (χ2v) is 6.27. The molecule has 0 aliphatic heterocycles. The zero-order valence-electron chi connectivity index (χ0n) is 12.0. The van der Waals surface area contributed by atoms with Gasteiger partial charge in [0.1, 0.15) is 0 Å². The minimum atomic E-state index is -0.795. The topological polar surface area (TPSA) is 92.4 Å². The molecular weight excluding hydrogens is 244 g/mol. The van der Waals surface area contributed by atoms with Crippen molar-refractivity contribution < 1.29 is 14.7 Å². The lowest BCUT2D eigenvalue weighted by atomic mass is 9.80. The summed E-state index contributed by atoms with van der Waals surface area (Å²) in [6.07, 6.45) is 5.29. The van der Waals surface area contributed by atoms with E-state index >= 15 is 0 Å². The van der Waals surface area contributed by atoms with E-state index in [1.54, 1.807) is 13.8 Å². The molecule has 0 aromatic carbocycles. The van der Waals surface area contributed by atoms with Gasteiger partial charge in [-0.1, -0.05) is 25.7 Å². The Bertz CT molecular complexity index is 332. The Labute approximate surface area is 114 Å². The van der Waals surface area contributed by atoms with Crippen molar-refractivity contribution in [3.05, 3.63) is 0 Å². The van der Waals surface area contributed by atoms with Crippen molar-refractivity contribution in [2.24, 2.45) is 16.6 Å². The van der Waals surface area contributed by atoms with E-state index < -0.39 is 16.8 Å². The van der Waals surface area contributed by atoms with E-state index in [-0.39, 0.29) is 19.0 Å². The molecular formula is C14H26N2O3. The van der Waals surface area contributed by atoms with Gasteiger partial charge in [-0.15, -0.1) is 0 Å². The minimum Gasteiger partial charge on any atom is -0.481 e. The summed E-state index contributed by atoms with van der Waals surface area (Å²) in [5, 5.41) is 12.3. The Balaban J connectivity index is 2.69. The SMILES string of the molecule is CC(C)(CN)C(=O)NCC1(C(=O)O)CCCCCC1. The van der Waals surface area contributed by atoms with Gasteiger partial charge in [0, 0.05) is 13.1 Å². The number of carbonyl (C=O) groups excluding carboxylic acids is 1. The first-order valence-corrected chi connectivity index (χ1v) is 7.06. The van der Waals surface area contributed by atoms with Crippen molar-refractivity contribution >= 4 is 11.9 Å². The van der Waals surface area contributed by atoms with Crippen LogP contribution in [0.1, 0.15) is 52.4 Å². The van der Waals surface area contributed by atoms with Crippen LogP contribution in [0.4, 0.5) is 0 Å². The second kappa shape index (κ2) is 6.37. The average molecular weight is 270 g/mol. The van der Waals surface area contributed by atoms with E-state index in [1.807, 2.05) is 0 Å². The summed E-state index contributed by atoms with van der Waals surface area (Å²) in [6.45, 7) is 4.00. The first-order chi connectivity index (χ1) is 8.84. The lowest BCUT2D eigenvalue weighted by Gasteiger charge is -2.30. The van der Waals surface area contributed by atoms with Crippen LogP contribution in [0, 0.1) is 10.8 Å². The summed E-state index contributed by atoms with van der Waals surface area (Å²) in [5.41, 5.74) is 4.11. The van der Waals surface area contributed by atoms with Crippen LogP contribution in [-0.4, -0.2) is 30.1 Å². The predicted octanol–water partition coefficient (Wildman–Crippen LogP) is 1.51. The first kappa shape index (κ1) is 16.0. The molecule has 0 spiro atoms. The number of amides is 1. The number of hydrogen-bond acceptors (Lipinski definition) is 3. The van der Waals surface area contributed by atoms with Crippen LogP contribution >= 0.6 is 0 Å². The number of nitrogens with one attached hydrogen (secondary N) is 1. The van der Waals surface area contributed by atoms with Crippen LogP contribution in [0.3, 0.4) is 0 Å². The van der Waals surface area contributed by atoms with E-state index in [2.05, 4.69) is 5.32 Å². The van der Waals surface area contributed by atoms with Crippen molar-refractivity contribution in [1.29, 1.82) is 0 Å². The maximum atomic E-state index is 12.0. The highest BCUT2D eigenvalue weighted by Crippen LogP contribution is 2.35. The van der Waals surface area contributed by atoms with Crippen molar-refractivity contribution in [3.63, 3.8) is 0 Å². The molecule has 1 aliphatic rings. The Morgan fingerprint density at radius 1 is 1.21 bits per heavy atom. The van der Waals surface area contributed by atoms with Gasteiger partial charge in [-0.25, -0.2) is 0 Å². The summed E-state index contributed by atoms with van der Waals surface area (Å²) in [7, 11) is 0. The Morgan fingerprint density at radius 3 is 2.16 bits per heavy atom. The Kier molecular flexibility index (Phi) is 5.35. The quantitative estimate of drug-likeness (QED) is 0.660. The smallest absolute Gasteiger partial charge is 0.311 e. The lowest BCUT2D eigenvalue weighted by molar-refractivity contribution is -0.150. The van der Waals surface area contributed by atoms with Gasteiger partial charge in [-0.2, -0.15) is 0 Å². The van der Waals surface area contributed by atoms with Gasteiger partial charge in [0.15, 0.2) is 0 Å². The highest BCUT2D eigenvalue weighted by atomic mass is 16.4. The van der Waals surface area contributed by atoms with Crippen molar-refractivity contribution in [3.8, 4) is 0 Å². The van der Waals surface area contributed by atoms with Gasteiger partial charge in [-0.3, -0.25) is 9.59 Å². The second-order valence-electron chi connectivity index (χ2n) is 6.27. The van der Waals surface area contributed by atoms with E-state index in [9.17, 15) is 14.7 Å². The van der Waals surface area contributed by atoms with E-state index in [0.29, 0.717) is 12.8 Å². The predicted molar refractivity (Wildman–Crippen MR) is 73.6 cm³/mol. The van der Waals surface area contributed by atoms with Gasteiger partial charge >= 0.3 is 5.97 Å². The van der Waals surface area contributed by atoms with E-state index in [4.69, 9.17) is 5.73 Å². The van der Waals surface area contributed by atoms with Crippen LogP contribution in [0.5, 0.6) is 0 Å². The van der Waals surface area contributed by atoms with Crippen LogP contribution in [0.2, 0.25) is 0 Å². The molecule has 0 radical (unpaired) electrons. The molecule has 1 amide bonds. The third-order valence-corrected chi connectivity index (χ3v) is 4.23. The maximum absolute atomic E-state index is 12.0. The summed E-state index contributed by atoms with van der Waals surface area (Å²) in [5.74, 6) is -0.958. The van der Waals surface area contributed by atoms with Crippen molar-refractivity contribution in [2.45, 2.75) is 52.4 Å². The zero-order valence-corrected chi connectivity index (χ0v) is 12.0. The highest BCUT2D eigenvalue weighted by molar-refractivity contribution is 5.83. The molecule has 5 heteroatoms. The minimum absolute atomic E-state index is 0.167. The van der Waals surface area contributed by atoms with E-state index in [0.717, 1.165) is 25.7 Å². The molecule has 0 saturated heterocycles. The fourth-order valence-electron chi connectivity index (χ4n) is 2.45. The molecule has 5 nitrogen and oxygen atoms in total. The molecule has 0 aromatic heterocycles. The van der Waals surface area contributed by atoms with Gasteiger partial charge in [0.05, 0.1) is 10.8 Å². The number of nitrogens with two attached hydrogens (primary N) is 1. The number of rotatable bonds is 5. The number of carboxylic acid groups (broad SMARTS) is 1. The summed E-state index contributed by atoms with van der Waals surface area (Å²) in [4.78, 5) is 23.6. The third-order valence-electron chi connectivity index (χ3n) is 4.23. The Hall–Kier alpha value is -1.10. The molecule has 110 valence electrons. The van der Waals surface area contributed by atoms with Crippen molar-refractivity contribution in [1.82, 2.24) is 5.32 Å². The van der Waals surface area contributed by atoms with Crippen molar-refractivity contribution in [2.75, 3.05) is 13.1 Å². The largest absolute Gasteiger partial charge is 0.481 e. The monoisotopic (exact) mass is 270 g/mol. The van der Waals surface area contributed by atoms with E-state index in [1.165, 1.54) is 0 Å². The fraction of sp³-hybridized carbons (Fsp3) is 0.857. The normalized spacial score (nSPS) is 19.5. The van der Waals surface area contributed by atoms with Crippen LogP contribution < -0.4 is 11.1 Å². The molecule has 1 fully saturated rings.